The molecule has 0 fully saturated rings. The fourth-order valence-electron chi connectivity index (χ4n) is 1.76. The molecule has 2 aromatic carbocycles. The third-order valence-corrected chi connectivity index (χ3v) is 4.60. The lowest BCUT2D eigenvalue weighted by molar-refractivity contribution is 0.0953. The number of hydrogen-bond acceptors (Lipinski definition) is 3. The number of nitrogens with two attached hydrogens (primary N) is 1. The molecule has 0 aliphatic carbocycles. The monoisotopic (exact) mass is 412 g/mol. The van der Waals surface area contributed by atoms with E-state index in [1.54, 1.807) is 12.1 Å². The maximum Gasteiger partial charge on any atom is 0.265 e. The number of carbonyl (C=O) groups is 1. The van der Waals surface area contributed by atoms with Crippen LogP contribution in [0.4, 0.5) is 0 Å². The van der Waals surface area contributed by atoms with Crippen LogP contribution in [-0.4, -0.2) is 5.91 Å². The molecule has 3 N–H and O–H groups in total. The number of ether oxygens (including phenoxy) is 1. The van der Waals surface area contributed by atoms with Crippen LogP contribution in [0.5, 0.6) is 5.75 Å². The molecule has 0 saturated heterocycles. The molecule has 6 heteroatoms. The van der Waals surface area contributed by atoms with E-state index in [0.717, 1.165) is 25.8 Å². The van der Waals surface area contributed by atoms with Gasteiger partial charge in [0.05, 0.1) is 0 Å². The minimum Gasteiger partial charge on any atom is -0.489 e. The molecule has 0 radical (unpaired) electrons. The van der Waals surface area contributed by atoms with Gasteiger partial charge in [-0.05, 0) is 42.8 Å². The van der Waals surface area contributed by atoms with Crippen molar-refractivity contribution in [2.45, 2.75) is 13.5 Å². The third-order valence-electron chi connectivity index (χ3n) is 2.97. The summed E-state index contributed by atoms with van der Waals surface area (Å²) in [4.78, 5) is 11.4. The lowest BCUT2D eigenvalue weighted by atomic mass is 10.1. The van der Waals surface area contributed by atoms with Gasteiger partial charge in [0.15, 0.2) is 0 Å². The number of amides is 1. The number of hydrogen-bond donors (Lipinski definition) is 2. The van der Waals surface area contributed by atoms with E-state index in [-0.39, 0.29) is 5.91 Å². The summed E-state index contributed by atoms with van der Waals surface area (Å²) in [5.74, 6) is 5.58. The molecule has 0 spiro atoms. The Balaban J connectivity index is 2.09. The Morgan fingerprint density at radius 1 is 1.19 bits per heavy atom. The zero-order chi connectivity index (χ0) is 15.4. The van der Waals surface area contributed by atoms with E-state index < -0.39 is 0 Å². The van der Waals surface area contributed by atoms with Gasteiger partial charge in [0.1, 0.15) is 12.4 Å². The highest BCUT2D eigenvalue weighted by Crippen LogP contribution is 2.24. The summed E-state index contributed by atoms with van der Waals surface area (Å²) in [7, 11) is 0. The average Bonchev–Trinajstić information content (AvgIpc) is 2.48. The van der Waals surface area contributed by atoms with Crippen molar-refractivity contribution in [3.05, 3.63) is 62.0 Å². The van der Waals surface area contributed by atoms with Crippen molar-refractivity contribution in [3.8, 4) is 5.75 Å². The predicted molar refractivity (Wildman–Crippen MR) is 89.0 cm³/mol. The normalized spacial score (nSPS) is 10.3. The van der Waals surface area contributed by atoms with Crippen molar-refractivity contribution in [1.29, 1.82) is 0 Å². The summed E-state index contributed by atoms with van der Waals surface area (Å²) in [6.07, 6.45) is 0. The number of benzene rings is 2. The van der Waals surface area contributed by atoms with Crippen molar-refractivity contribution >= 4 is 37.8 Å². The number of halogens is 2. The van der Waals surface area contributed by atoms with Crippen molar-refractivity contribution in [2.24, 2.45) is 5.84 Å². The third kappa shape index (κ3) is 4.06. The lowest BCUT2D eigenvalue weighted by Gasteiger charge is -2.10. The number of nitrogen functional groups attached to an aromatic ring is 1. The first-order valence-electron chi connectivity index (χ1n) is 6.19. The maximum atomic E-state index is 11.4. The van der Waals surface area contributed by atoms with Gasteiger partial charge in [-0.3, -0.25) is 10.2 Å². The summed E-state index contributed by atoms with van der Waals surface area (Å²) in [5, 5.41) is 0. The molecule has 1 amide bonds. The van der Waals surface area contributed by atoms with E-state index in [0.29, 0.717) is 12.2 Å². The second-order valence-corrected chi connectivity index (χ2v) is 6.19. The van der Waals surface area contributed by atoms with Gasteiger partial charge in [-0.2, -0.15) is 0 Å². The average molecular weight is 414 g/mol. The number of rotatable bonds is 4. The largest absolute Gasteiger partial charge is 0.489 e. The van der Waals surface area contributed by atoms with Crippen molar-refractivity contribution in [2.75, 3.05) is 0 Å². The maximum absolute atomic E-state index is 11.4. The predicted octanol–water partition coefficient (Wildman–Crippen LogP) is 3.70. The van der Waals surface area contributed by atoms with Gasteiger partial charge >= 0.3 is 0 Å². The second-order valence-electron chi connectivity index (χ2n) is 4.48. The van der Waals surface area contributed by atoms with Crippen molar-refractivity contribution in [1.82, 2.24) is 5.43 Å². The minimum atomic E-state index is -0.327. The van der Waals surface area contributed by atoms with Crippen LogP contribution in [0.3, 0.4) is 0 Å². The van der Waals surface area contributed by atoms with Crippen molar-refractivity contribution in [3.63, 3.8) is 0 Å². The number of aryl methyl sites for hydroxylation is 1. The highest BCUT2D eigenvalue weighted by Gasteiger charge is 2.08. The highest BCUT2D eigenvalue weighted by atomic mass is 79.9. The van der Waals surface area contributed by atoms with E-state index in [9.17, 15) is 4.79 Å². The van der Waals surface area contributed by atoms with Crippen LogP contribution in [0.15, 0.2) is 45.3 Å². The lowest BCUT2D eigenvalue weighted by Crippen LogP contribution is -2.29. The summed E-state index contributed by atoms with van der Waals surface area (Å²) in [6.45, 7) is 2.42. The Kier molecular flexibility index (Phi) is 5.39. The molecule has 0 aliphatic heterocycles. The Bertz CT molecular complexity index is 675. The SMILES string of the molecule is Cc1cc(OCc2ccc(C(=O)NN)cc2Br)ccc1Br. The molecular weight excluding hydrogens is 400 g/mol. The van der Waals surface area contributed by atoms with Gasteiger partial charge in [0.25, 0.3) is 5.91 Å². The summed E-state index contributed by atoms with van der Waals surface area (Å²) >= 11 is 6.89. The van der Waals surface area contributed by atoms with Crippen LogP contribution in [-0.2, 0) is 6.61 Å². The zero-order valence-corrected chi connectivity index (χ0v) is 14.5. The van der Waals surface area contributed by atoms with Crippen LogP contribution >= 0.6 is 31.9 Å². The number of carbonyl (C=O) groups excluding carboxylic acids is 1. The molecule has 21 heavy (non-hydrogen) atoms. The van der Waals surface area contributed by atoms with Crippen LogP contribution in [0, 0.1) is 6.92 Å². The Morgan fingerprint density at radius 3 is 2.57 bits per heavy atom. The zero-order valence-electron chi connectivity index (χ0n) is 11.3. The van der Waals surface area contributed by atoms with Gasteiger partial charge in [-0.25, -0.2) is 5.84 Å². The summed E-state index contributed by atoms with van der Waals surface area (Å²) in [5.41, 5.74) is 4.66. The molecule has 0 saturated carbocycles. The first-order valence-corrected chi connectivity index (χ1v) is 7.78. The summed E-state index contributed by atoms with van der Waals surface area (Å²) in [6, 6.07) is 11.1. The molecule has 0 atom stereocenters. The smallest absolute Gasteiger partial charge is 0.265 e. The molecule has 110 valence electrons. The van der Waals surface area contributed by atoms with Crippen LogP contribution in [0.25, 0.3) is 0 Å². The molecule has 0 unspecified atom stereocenters. The molecule has 0 bridgehead atoms. The highest BCUT2D eigenvalue weighted by molar-refractivity contribution is 9.10. The van der Waals surface area contributed by atoms with E-state index in [1.807, 2.05) is 31.2 Å². The van der Waals surface area contributed by atoms with Crippen molar-refractivity contribution < 1.29 is 9.53 Å². The Morgan fingerprint density at radius 2 is 1.95 bits per heavy atom. The van der Waals surface area contributed by atoms with E-state index >= 15 is 0 Å². The fraction of sp³-hybridized carbons (Fsp3) is 0.133. The van der Waals surface area contributed by atoms with Crippen LogP contribution in [0.2, 0.25) is 0 Å². The molecule has 4 nitrogen and oxygen atoms in total. The molecule has 0 aliphatic rings. The number of nitrogens with one attached hydrogen (secondary N) is 1. The quantitative estimate of drug-likeness (QED) is 0.456. The number of hydrazine groups is 1. The first kappa shape index (κ1) is 16.0. The minimum absolute atomic E-state index is 0.327. The van der Waals surface area contributed by atoms with E-state index in [4.69, 9.17) is 10.6 Å². The van der Waals surface area contributed by atoms with Crippen LogP contribution < -0.4 is 16.0 Å². The van der Waals surface area contributed by atoms with E-state index in [2.05, 4.69) is 37.3 Å². The van der Waals surface area contributed by atoms with Crippen LogP contribution in [0.1, 0.15) is 21.5 Å². The molecule has 0 aromatic heterocycles. The van der Waals surface area contributed by atoms with Gasteiger partial charge < -0.3 is 4.74 Å². The Labute approximate surface area is 139 Å². The van der Waals surface area contributed by atoms with Gasteiger partial charge in [0, 0.05) is 20.1 Å². The second kappa shape index (κ2) is 7.06. The first-order chi connectivity index (χ1) is 10.0. The van der Waals surface area contributed by atoms with Gasteiger partial charge in [0.2, 0.25) is 0 Å². The molecule has 0 heterocycles. The molecule has 2 aromatic rings. The van der Waals surface area contributed by atoms with Gasteiger partial charge in [-0.15, -0.1) is 0 Å². The molecular formula is C15H14Br2N2O2. The fourth-order valence-corrected chi connectivity index (χ4v) is 2.50. The van der Waals surface area contributed by atoms with E-state index in [1.165, 1.54) is 0 Å². The summed E-state index contributed by atoms with van der Waals surface area (Å²) < 4.78 is 7.61. The van der Waals surface area contributed by atoms with Gasteiger partial charge in [-0.1, -0.05) is 37.9 Å². The standard InChI is InChI=1S/C15H14Br2N2O2/c1-9-6-12(4-5-13(9)16)21-8-11-3-2-10(7-14(11)17)15(20)19-18/h2-7H,8,18H2,1H3,(H,19,20). The Hall–Kier alpha value is -1.37. The molecule has 2 rings (SSSR count). The topological polar surface area (TPSA) is 64.3 Å².